The minimum Gasteiger partial charge on any atom is -0.444 e. The molecule has 20 heavy (non-hydrogen) atoms. The predicted octanol–water partition coefficient (Wildman–Crippen LogP) is 4.61. The second-order valence-corrected chi connectivity index (χ2v) is 7.26. The van der Waals surface area contributed by atoms with Crippen LogP contribution in [0.1, 0.15) is 51.5 Å². The van der Waals surface area contributed by atoms with Gasteiger partial charge in [0.25, 0.3) is 0 Å². The number of nitrogens with one attached hydrogen (secondary N) is 1. The van der Waals surface area contributed by atoms with E-state index in [1.807, 2.05) is 20.8 Å². The van der Waals surface area contributed by atoms with E-state index in [9.17, 15) is 4.79 Å². The summed E-state index contributed by atoms with van der Waals surface area (Å²) in [5, 5.41) is 3.03. The van der Waals surface area contributed by atoms with Crippen molar-refractivity contribution >= 4 is 22.0 Å². The molecule has 1 aromatic rings. The van der Waals surface area contributed by atoms with Gasteiger partial charge in [0.05, 0.1) is 0 Å². The lowest BCUT2D eigenvalue weighted by atomic mass is 9.94. The first-order valence-electron chi connectivity index (χ1n) is 7.10. The average Bonchev–Trinajstić information content (AvgIpc) is 2.75. The fourth-order valence-electron chi connectivity index (χ4n) is 2.70. The van der Waals surface area contributed by atoms with Gasteiger partial charge in [-0.3, -0.25) is 0 Å². The Morgan fingerprint density at radius 3 is 2.50 bits per heavy atom. The molecule has 2 rings (SSSR count). The number of amides is 1. The van der Waals surface area contributed by atoms with Crippen molar-refractivity contribution in [1.29, 1.82) is 0 Å². The number of hydrogen-bond acceptors (Lipinski definition) is 2. The molecule has 4 heteroatoms. The number of ether oxygens (including phenoxy) is 1. The van der Waals surface area contributed by atoms with Crippen molar-refractivity contribution in [3.63, 3.8) is 0 Å². The summed E-state index contributed by atoms with van der Waals surface area (Å²) in [7, 11) is 0. The summed E-state index contributed by atoms with van der Waals surface area (Å²) in [4.78, 5) is 11.9. The van der Waals surface area contributed by atoms with Crippen LogP contribution >= 0.6 is 15.9 Å². The number of halogens is 1. The standard InChI is InChI=1S/C16H22BrNO2/c1-16(2,3)20-15(19)18-14-6-4-5-13(14)11-7-9-12(17)10-8-11/h7-10,13-14H,4-6H2,1-3H3,(H,18,19)/t13-,14+/m0/s1. The quantitative estimate of drug-likeness (QED) is 0.854. The van der Waals surface area contributed by atoms with Crippen molar-refractivity contribution in [3.05, 3.63) is 34.3 Å². The molecule has 2 atom stereocenters. The topological polar surface area (TPSA) is 38.3 Å². The predicted molar refractivity (Wildman–Crippen MR) is 83.9 cm³/mol. The molecule has 1 aromatic carbocycles. The summed E-state index contributed by atoms with van der Waals surface area (Å²) in [5.74, 6) is 0.385. The van der Waals surface area contributed by atoms with Crippen LogP contribution in [0.2, 0.25) is 0 Å². The summed E-state index contributed by atoms with van der Waals surface area (Å²) in [5.41, 5.74) is 0.835. The van der Waals surface area contributed by atoms with Crippen molar-refractivity contribution in [2.45, 2.75) is 57.6 Å². The lowest BCUT2D eigenvalue weighted by molar-refractivity contribution is 0.0501. The lowest BCUT2D eigenvalue weighted by Crippen LogP contribution is -2.40. The van der Waals surface area contributed by atoms with E-state index in [0.29, 0.717) is 5.92 Å². The van der Waals surface area contributed by atoms with Gasteiger partial charge in [-0.15, -0.1) is 0 Å². The van der Waals surface area contributed by atoms with Gasteiger partial charge in [0.1, 0.15) is 5.60 Å². The number of rotatable bonds is 2. The van der Waals surface area contributed by atoms with Crippen LogP contribution in [0.25, 0.3) is 0 Å². The van der Waals surface area contributed by atoms with E-state index >= 15 is 0 Å². The van der Waals surface area contributed by atoms with E-state index in [-0.39, 0.29) is 12.1 Å². The molecule has 0 aliphatic heterocycles. The Morgan fingerprint density at radius 1 is 1.25 bits per heavy atom. The Morgan fingerprint density at radius 2 is 1.90 bits per heavy atom. The van der Waals surface area contributed by atoms with Crippen LogP contribution in [-0.2, 0) is 4.74 Å². The number of carbonyl (C=O) groups is 1. The molecule has 0 spiro atoms. The van der Waals surface area contributed by atoms with E-state index in [1.165, 1.54) is 5.56 Å². The molecular weight excluding hydrogens is 318 g/mol. The fourth-order valence-corrected chi connectivity index (χ4v) is 2.97. The van der Waals surface area contributed by atoms with Crippen molar-refractivity contribution in [2.24, 2.45) is 0 Å². The Balaban J connectivity index is 2.00. The first kappa shape index (κ1) is 15.4. The molecule has 0 unspecified atom stereocenters. The van der Waals surface area contributed by atoms with Gasteiger partial charge in [-0.2, -0.15) is 0 Å². The fraction of sp³-hybridized carbons (Fsp3) is 0.562. The number of benzene rings is 1. The zero-order valence-corrected chi connectivity index (χ0v) is 13.9. The molecular formula is C16H22BrNO2. The third kappa shape index (κ3) is 4.23. The molecule has 1 aliphatic rings. The highest BCUT2D eigenvalue weighted by Crippen LogP contribution is 2.35. The molecule has 1 N–H and O–H groups in total. The Bertz CT molecular complexity index is 464. The van der Waals surface area contributed by atoms with E-state index < -0.39 is 5.60 Å². The van der Waals surface area contributed by atoms with Gasteiger partial charge in [0.2, 0.25) is 0 Å². The Kier molecular flexibility index (Phi) is 4.74. The largest absolute Gasteiger partial charge is 0.444 e. The zero-order valence-electron chi connectivity index (χ0n) is 12.3. The van der Waals surface area contributed by atoms with Crippen LogP contribution in [0.15, 0.2) is 28.7 Å². The van der Waals surface area contributed by atoms with E-state index in [2.05, 4.69) is 45.5 Å². The summed E-state index contributed by atoms with van der Waals surface area (Å²) in [6, 6.07) is 8.54. The molecule has 0 saturated heterocycles. The molecule has 110 valence electrons. The second kappa shape index (κ2) is 6.17. The van der Waals surface area contributed by atoms with Crippen molar-refractivity contribution in [3.8, 4) is 0 Å². The first-order valence-corrected chi connectivity index (χ1v) is 7.89. The van der Waals surface area contributed by atoms with Crippen LogP contribution in [0.3, 0.4) is 0 Å². The molecule has 0 radical (unpaired) electrons. The van der Waals surface area contributed by atoms with Gasteiger partial charge in [-0.1, -0.05) is 34.5 Å². The van der Waals surface area contributed by atoms with E-state index in [1.54, 1.807) is 0 Å². The second-order valence-electron chi connectivity index (χ2n) is 6.34. The molecule has 1 aliphatic carbocycles. The van der Waals surface area contributed by atoms with Gasteiger partial charge in [0, 0.05) is 16.4 Å². The molecule has 0 aromatic heterocycles. The maximum absolute atomic E-state index is 11.9. The Hall–Kier alpha value is -1.03. The molecule has 1 amide bonds. The Labute approximate surface area is 129 Å². The maximum atomic E-state index is 11.9. The minimum absolute atomic E-state index is 0.172. The highest BCUT2D eigenvalue weighted by atomic mass is 79.9. The smallest absolute Gasteiger partial charge is 0.407 e. The van der Waals surface area contributed by atoms with Crippen molar-refractivity contribution in [2.75, 3.05) is 0 Å². The van der Waals surface area contributed by atoms with Crippen LogP contribution in [0.5, 0.6) is 0 Å². The number of hydrogen-bond donors (Lipinski definition) is 1. The first-order chi connectivity index (χ1) is 9.35. The van der Waals surface area contributed by atoms with Crippen LogP contribution in [-0.4, -0.2) is 17.7 Å². The molecule has 3 nitrogen and oxygen atoms in total. The summed E-state index contributed by atoms with van der Waals surface area (Å²) >= 11 is 3.45. The van der Waals surface area contributed by atoms with Crippen LogP contribution in [0.4, 0.5) is 4.79 Å². The monoisotopic (exact) mass is 339 g/mol. The number of alkyl carbamates (subject to hydrolysis) is 1. The maximum Gasteiger partial charge on any atom is 0.407 e. The zero-order chi connectivity index (χ0) is 14.8. The third-order valence-electron chi connectivity index (χ3n) is 3.52. The SMILES string of the molecule is CC(C)(C)OC(=O)N[C@@H]1CCC[C@H]1c1ccc(Br)cc1. The average molecular weight is 340 g/mol. The minimum atomic E-state index is -0.449. The van der Waals surface area contributed by atoms with Gasteiger partial charge in [-0.05, 0) is 51.3 Å². The third-order valence-corrected chi connectivity index (χ3v) is 4.04. The van der Waals surface area contributed by atoms with Crippen molar-refractivity contribution < 1.29 is 9.53 Å². The normalized spacial score (nSPS) is 22.6. The van der Waals surface area contributed by atoms with Gasteiger partial charge in [0.15, 0.2) is 0 Å². The van der Waals surface area contributed by atoms with Gasteiger partial charge >= 0.3 is 6.09 Å². The highest BCUT2D eigenvalue weighted by Gasteiger charge is 2.31. The van der Waals surface area contributed by atoms with Crippen LogP contribution < -0.4 is 5.32 Å². The van der Waals surface area contributed by atoms with Gasteiger partial charge < -0.3 is 10.1 Å². The molecule has 1 saturated carbocycles. The van der Waals surface area contributed by atoms with Crippen LogP contribution in [0, 0.1) is 0 Å². The molecule has 1 fully saturated rings. The van der Waals surface area contributed by atoms with E-state index in [4.69, 9.17) is 4.74 Å². The lowest BCUT2D eigenvalue weighted by Gasteiger charge is -2.25. The molecule has 0 bridgehead atoms. The van der Waals surface area contributed by atoms with E-state index in [0.717, 1.165) is 23.7 Å². The summed E-state index contributed by atoms with van der Waals surface area (Å²) < 4.78 is 6.42. The summed E-state index contributed by atoms with van der Waals surface area (Å²) in [6.07, 6.45) is 2.95. The summed E-state index contributed by atoms with van der Waals surface area (Å²) in [6.45, 7) is 5.65. The van der Waals surface area contributed by atoms with Crippen molar-refractivity contribution in [1.82, 2.24) is 5.32 Å². The molecule has 0 heterocycles. The van der Waals surface area contributed by atoms with Gasteiger partial charge in [-0.25, -0.2) is 4.79 Å². The number of carbonyl (C=O) groups excluding carboxylic acids is 1. The highest BCUT2D eigenvalue weighted by molar-refractivity contribution is 9.10.